The van der Waals surface area contributed by atoms with Crippen molar-refractivity contribution < 1.29 is 5.11 Å². The zero-order valence-corrected chi connectivity index (χ0v) is 9.73. The van der Waals surface area contributed by atoms with Gasteiger partial charge in [0.15, 0.2) is 0 Å². The fourth-order valence-electron chi connectivity index (χ4n) is 1.62. The van der Waals surface area contributed by atoms with Crippen LogP contribution in [0, 0.1) is 0 Å². The van der Waals surface area contributed by atoms with Gasteiger partial charge in [-0.2, -0.15) is 11.8 Å². The van der Waals surface area contributed by atoms with Gasteiger partial charge in [0.05, 0.1) is 0 Å². The van der Waals surface area contributed by atoms with Crippen molar-refractivity contribution in [2.75, 3.05) is 18.6 Å². The maximum atomic E-state index is 9.82. The number of hydrogen-bond donors (Lipinski definition) is 2. The Morgan fingerprint density at radius 2 is 2.43 bits per heavy atom. The van der Waals surface area contributed by atoms with Crippen LogP contribution in [0.1, 0.15) is 19.8 Å². The Kier molecular flexibility index (Phi) is 5.12. The summed E-state index contributed by atoms with van der Waals surface area (Å²) in [5, 5.41) is 13.1. The van der Waals surface area contributed by atoms with Crippen LogP contribution in [0.3, 0.4) is 0 Å². The molecule has 0 aliphatic heterocycles. The zero-order chi connectivity index (χ0) is 10.4. The van der Waals surface area contributed by atoms with Crippen LogP contribution < -0.4 is 5.32 Å². The third-order valence-electron chi connectivity index (χ3n) is 2.46. The van der Waals surface area contributed by atoms with Crippen LogP contribution in [0.15, 0.2) is 23.5 Å². The molecule has 0 bridgehead atoms. The summed E-state index contributed by atoms with van der Waals surface area (Å²) < 4.78 is 0. The van der Waals surface area contributed by atoms with Gasteiger partial charge in [-0.3, -0.25) is 0 Å². The minimum atomic E-state index is 0.337. The molecule has 3 heteroatoms. The van der Waals surface area contributed by atoms with Crippen molar-refractivity contribution in [2.45, 2.75) is 25.8 Å². The molecule has 1 rings (SSSR count). The molecule has 1 atom stereocenters. The molecule has 0 spiro atoms. The largest absolute Gasteiger partial charge is 0.508 e. The molecule has 1 aliphatic rings. The highest BCUT2D eigenvalue weighted by Gasteiger charge is 2.17. The van der Waals surface area contributed by atoms with Crippen LogP contribution >= 0.6 is 11.8 Å². The minimum Gasteiger partial charge on any atom is -0.508 e. The van der Waals surface area contributed by atoms with Gasteiger partial charge >= 0.3 is 0 Å². The van der Waals surface area contributed by atoms with E-state index in [0.717, 1.165) is 29.9 Å². The molecule has 0 heterocycles. The van der Waals surface area contributed by atoms with Crippen molar-refractivity contribution in [3.05, 3.63) is 23.5 Å². The summed E-state index contributed by atoms with van der Waals surface area (Å²) in [6, 6.07) is 0.337. The standard InChI is InChI=1S/C11H19NOS/c1-3-14-8-9-10(12-2)6-4-5-7-11(9)13/h5,7,10,12-13H,3-4,6,8H2,1-2H3. The molecule has 0 saturated heterocycles. The van der Waals surface area contributed by atoms with E-state index in [1.807, 2.05) is 31.0 Å². The van der Waals surface area contributed by atoms with E-state index in [4.69, 9.17) is 0 Å². The number of thioether (sulfide) groups is 1. The second-order valence-electron chi connectivity index (χ2n) is 3.37. The van der Waals surface area contributed by atoms with E-state index >= 15 is 0 Å². The number of aliphatic hydroxyl groups is 1. The summed E-state index contributed by atoms with van der Waals surface area (Å²) in [6.07, 6.45) is 6.00. The highest BCUT2D eigenvalue weighted by Crippen LogP contribution is 2.21. The molecule has 0 aromatic rings. The van der Waals surface area contributed by atoms with E-state index in [1.54, 1.807) is 0 Å². The molecule has 2 N–H and O–H groups in total. The van der Waals surface area contributed by atoms with Crippen molar-refractivity contribution in [1.82, 2.24) is 5.32 Å². The fourth-order valence-corrected chi connectivity index (χ4v) is 2.40. The van der Waals surface area contributed by atoms with E-state index in [1.165, 1.54) is 0 Å². The van der Waals surface area contributed by atoms with E-state index in [0.29, 0.717) is 11.8 Å². The Bertz CT molecular complexity index is 235. The zero-order valence-electron chi connectivity index (χ0n) is 8.92. The van der Waals surface area contributed by atoms with Crippen LogP contribution in [0.5, 0.6) is 0 Å². The molecule has 0 saturated carbocycles. The Morgan fingerprint density at radius 3 is 3.07 bits per heavy atom. The summed E-state index contributed by atoms with van der Waals surface area (Å²) in [4.78, 5) is 0. The lowest BCUT2D eigenvalue weighted by molar-refractivity contribution is 0.417. The van der Waals surface area contributed by atoms with Crippen LogP contribution in [0.4, 0.5) is 0 Å². The maximum Gasteiger partial charge on any atom is 0.116 e. The molecule has 0 fully saturated rings. The molecule has 1 unspecified atom stereocenters. The average molecular weight is 213 g/mol. The molecule has 14 heavy (non-hydrogen) atoms. The Labute approximate surface area is 90.5 Å². The second-order valence-corrected chi connectivity index (χ2v) is 4.64. The van der Waals surface area contributed by atoms with Crippen LogP contribution in [-0.2, 0) is 0 Å². The monoisotopic (exact) mass is 213 g/mol. The molecule has 0 amide bonds. The molecule has 80 valence electrons. The van der Waals surface area contributed by atoms with Gasteiger partial charge in [0.25, 0.3) is 0 Å². The lowest BCUT2D eigenvalue weighted by atomic mass is 10.1. The first-order valence-electron chi connectivity index (χ1n) is 5.13. The van der Waals surface area contributed by atoms with E-state index in [-0.39, 0.29) is 0 Å². The summed E-state index contributed by atoms with van der Waals surface area (Å²) in [5.41, 5.74) is 1.15. The van der Waals surface area contributed by atoms with Crippen LogP contribution in [0.2, 0.25) is 0 Å². The third kappa shape index (κ3) is 3.07. The summed E-state index contributed by atoms with van der Waals surface area (Å²) in [5.74, 6) is 2.48. The van der Waals surface area contributed by atoms with Crippen molar-refractivity contribution in [3.63, 3.8) is 0 Å². The number of hydrogen-bond acceptors (Lipinski definition) is 3. The van der Waals surface area contributed by atoms with Gasteiger partial charge in [-0.25, -0.2) is 0 Å². The quantitative estimate of drug-likeness (QED) is 0.752. The van der Waals surface area contributed by atoms with E-state index in [9.17, 15) is 5.11 Å². The van der Waals surface area contributed by atoms with Gasteiger partial charge in [-0.1, -0.05) is 13.0 Å². The number of aliphatic hydroxyl groups excluding tert-OH is 1. The highest BCUT2D eigenvalue weighted by atomic mass is 32.2. The SMILES string of the molecule is CCSCC1=C(O)C=CCCC1NC. The Morgan fingerprint density at radius 1 is 1.64 bits per heavy atom. The molecule has 1 aliphatic carbocycles. The van der Waals surface area contributed by atoms with Crippen molar-refractivity contribution in [1.29, 1.82) is 0 Å². The lowest BCUT2D eigenvalue weighted by Gasteiger charge is -2.18. The number of nitrogens with one attached hydrogen (secondary N) is 1. The molecular weight excluding hydrogens is 194 g/mol. The van der Waals surface area contributed by atoms with E-state index < -0.39 is 0 Å². The highest BCUT2D eigenvalue weighted by molar-refractivity contribution is 7.99. The van der Waals surface area contributed by atoms with Crippen LogP contribution in [0.25, 0.3) is 0 Å². The fraction of sp³-hybridized carbons (Fsp3) is 0.636. The smallest absolute Gasteiger partial charge is 0.116 e. The first-order chi connectivity index (χ1) is 6.79. The summed E-state index contributed by atoms with van der Waals surface area (Å²) in [7, 11) is 1.96. The van der Waals surface area contributed by atoms with Gasteiger partial charge in [0.1, 0.15) is 5.76 Å². The third-order valence-corrected chi connectivity index (χ3v) is 3.38. The van der Waals surface area contributed by atoms with Gasteiger partial charge < -0.3 is 10.4 Å². The average Bonchev–Trinajstić information content (AvgIpc) is 2.37. The van der Waals surface area contributed by atoms with Gasteiger partial charge in [0.2, 0.25) is 0 Å². The summed E-state index contributed by atoms with van der Waals surface area (Å²) >= 11 is 1.85. The predicted molar refractivity (Wildman–Crippen MR) is 63.9 cm³/mol. The molecule has 0 aromatic heterocycles. The molecule has 0 radical (unpaired) electrons. The predicted octanol–water partition coefficient (Wildman–Crippen LogP) is 2.49. The normalized spacial score (nSPS) is 22.6. The first-order valence-corrected chi connectivity index (χ1v) is 6.28. The molecule has 2 nitrogen and oxygen atoms in total. The molecule has 0 aromatic carbocycles. The Hall–Kier alpha value is -0.410. The van der Waals surface area contributed by atoms with Gasteiger partial charge in [-0.05, 0) is 37.3 Å². The van der Waals surface area contributed by atoms with Crippen molar-refractivity contribution >= 4 is 11.8 Å². The van der Waals surface area contributed by atoms with E-state index in [2.05, 4.69) is 12.2 Å². The number of rotatable bonds is 4. The maximum absolute atomic E-state index is 9.82. The second kappa shape index (κ2) is 6.14. The van der Waals surface area contributed by atoms with Crippen molar-refractivity contribution in [3.8, 4) is 0 Å². The van der Waals surface area contributed by atoms with Gasteiger partial charge in [0, 0.05) is 11.8 Å². The first kappa shape index (κ1) is 11.7. The van der Waals surface area contributed by atoms with Crippen molar-refractivity contribution in [2.24, 2.45) is 0 Å². The molecular formula is C11H19NOS. The Balaban J connectivity index is 2.72. The lowest BCUT2D eigenvalue weighted by Crippen LogP contribution is -2.28. The topological polar surface area (TPSA) is 32.3 Å². The number of allylic oxidation sites excluding steroid dienone is 2. The van der Waals surface area contributed by atoms with Crippen LogP contribution in [-0.4, -0.2) is 29.7 Å². The van der Waals surface area contributed by atoms with Gasteiger partial charge in [-0.15, -0.1) is 0 Å². The summed E-state index contributed by atoms with van der Waals surface area (Å²) in [6.45, 7) is 2.14. The minimum absolute atomic E-state index is 0.337. The number of likely N-dealkylation sites (N-methyl/N-ethyl adjacent to an activating group) is 1.